The molecular formula is C14H22BrClN2O3S. The molecule has 1 aromatic carbocycles. The van der Waals surface area contributed by atoms with Crippen LogP contribution in [0.1, 0.15) is 20.3 Å². The lowest BCUT2D eigenvalue weighted by Gasteiger charge is -2.23. The molecule has 0 fully saturated rings. The second-order valence-corrected chi connectivity index (χ2v) is 8.08. The van der Waals surface area contributed by atoms with Gasteiger partial charge >= 0.3 is 0 Å². The molecule has 1 unspecified atom stereocenters. The Bertz CT molecular complexity index is 610. The van der Waals surface area contributed by atoms with Gasteiger partial charge in [-0.25, -0.2) is 13.1 Å². The molecule has 0 aliphatic heterocycles. The van der Waals surface area contributed by atoms with E-state index < -0.39 is 10.0 Å². The lowest BCUT2D eigenvalue weighted by atomic mass is 10.2. The van der Waals surface area contributed by atoms with Crippen molar-refractivity contribution < 1.29 is 13.2 Å². The fourth-order valence-corrected chi connectivity index (χ4v) is 4.30. The van der Waals surface area contributed by atoms with Gasteiger partial charge in [0.25, 0.3) is 0 Å². The summed E-state index contributed by atoms with van der Waals surface area (Å²) in [7, 11) is -0.301. The van der Waals surface area contributed by atoms with Crippen molar-refractivity contribution in [1.82, 2.24) is 9.62 Å². The number of hydrogen-bond acceptors (Lipinski definition) is 4. The van der Waals surface area contributed by atoms with Gasteiger partial charge in [-0.05, 0) is 48.5 Å². The van der Waals surface area contributed by atoms with E-state index in [1.807, 2.05) is 7.05 Å². The van der Waals surface area contributed by atoms with E-state index in [-0.39, 0.29) is 10.6 Å². The van der Waals surface area contributed by atoms with Gasteiger partial charge in [-0.3, -0.25) is 0 Å². The molecule has 1 N–H and O–H groups in total. The minimum Gasteiger partial charge on any atom is -0.494 e. The maximum atomic E-state index is 12.4. The van der Waals surface area contributed by atoms with Crippen LogP contribution >= 0.6 is 27.5 Å². The molecule has 0 aromatic heterocycles. The molecule has 1 atom stereocenters. The van der Waals surface area contributed by atoms with Crippen molar-refractivity contribution in [1.29, 1.82) is 0 Å². The van der Waals surface area contributed by atoms with Crippen molar-refractivity contribution in [2.75, 3.05) is 27.2 Å². The lowest BCUT2D eigenvalue weighted by molar-refractivity contribution is 0.256. The summed E-state index contributed by atoms with van der Waals surface area (Å²) in [5, 5.41) is 0.324. The van der Waals surface area contributed by atoms with Crippen LogP contribution in [-0.4, -0.2) is 46.6 Å². The summed E-state index contributed by atoms with van der Waals surface area (Å²) in [5.41, 5.74) is 0. The Morgan fingerprint density at radius 1 is 1.45 bits per heavy atom. The molecule has 0 saturated carbocycles. The molecule has 1 rings (SSSR count). The molecule has 0 bridgehead atoms. The first kappa shape index (κ1) is 19.7. The number of halogens is 2. The molecule has 0 heterocycles. The van der Waals surface area contributed by atoms with Gasteiger partial charge in [-0.15, -0.1) is 0 Å². The van der Waals surface area contributed by atoms with E-state index in [2.05, 4.69) is 39.4 Å². The summed E-state index contributed by atoms with van der Waals surface area (Å²) in [6, 6.07) is 3.38. The third kappa shape index (κ3) is 5.09. The van der Waals surface area contributed by atoms with Gasteiger partial charge in [-0.1, -0.05) is 18.5 Å². The zero-order valence-corrected chi connectivity index (χ0v) is 16.3. The van der Waals surface area contributed by atoms with Gasteiger partial charge in [0.15, 0.2) is 5.75 Å². The summed E-state index contributed by atoms with van der Waals surface area (Å²) >= 11 is 9.20. The summed E-state index contributed by atoms with van der Waals surface area (Å²) < 4.78 is 33.1. The van der Waals surface area contributed by atoms with Crippen molar-refractivity contribution in [3.8, 4) is 5.75 Å². The van der Waals surface area contributed by atoms with Crippen molar-refractivity contribution in [3.05, 3.63) is 21.6 Å². The van der Waals surface area contributed by atoms with Crippen molar-refractivity contribution in [2.24, 2.45) is 0 Å². The van der Waals surface area contributed by atoms with Crippen LogP contribution in [0.4, 0.5) is 0 Å². The highest BCUT2D eigenvalue weighted by molar-refractivity contribution is 9.10. The number of nitrogens with one attached hydrogen (secondary N) is 1. The number of sulfonamides is 1. The van der Waals surface area contributed by atoms with Crippen molar-refractivity contribution in [2.45, 2.75) is 31.2 Å². The maximum absolute atomic E-state index is 12.4. The molecule has 0 amide bonds. The molecule has 5 nitrogen and oxygen atoms in total. The molecule has 126 valence electrons. The molecule has 0 aliphatic carbocycles. The topological polar surface area (TPSA) is 58.6 Å². The minimum atomic E-state index is -3.69. The van der Waals surface area contributed by atoms with Crippen LogP contribution in [0.15, 0.2) is 21.5 Å². The Morgan fingerprint density at radius 2 is 2.09 bits per heavy atom. The molecule has 22 heavy (non-hydrogen) atoms. The van der Waals surface area contributed by atoms with E-state index in [1.54, 1.807) is 6.07 Å². The highest BCUT2D eigenvalue weighted by Gasteiger charge is 2.22. The Labute approximate surface area is 146 Å². The number of benzene rings is 1. The summed E-state index contributed by atoms with van der Waals surface area (Å²) in [5.74, 6) is 0.243. The molecule has 0 spiro atoms. The zero-order chi connectivity index (χ0) is 16.9. The zero-order valence-electron chi connectivity index (χ0n) is 13.2. The van der Waals surface area contributed by atoms with Gasteiger partial charge in [0.2, 0.25) is 10.0 Å². The van der Waals surface area contributed by atoms with E-state index in [9.17, 15) is 8.42 Å². The average molecular weight is 414 g/mol. The van der Waals surface area contributed by atoms with E-state index >= 15 is 0 Å². The first-order valence-corrected chi connectivity index (χ1v) is 9.61. The highest BCUT2D eigenvalue weighted by Crippen LogP contribution is 2.35. The number of hydrogen-bond donors (Lipinski definition) is 1. The minimum absolute atomic E-state index is 0.0283. The van der Waals surface area contributed by atoms with Gasteiger partial charge in [0.1, 0.15) is 4.90 Å². The Balaban J connectivity index is 2.88. The molecule has 0 saturated heterocycles. The summed E-state index contributed by atoms with van der Waals surface area (Å²) in [4.78, 5) is 2.13. The monoisotopic (exact) mass is 412 g/mol. The summed E-state index contributed by atoms with van der Waals surface area (Å²) in [6.45, 7) is 5.14. The van der Waals surface area contributed by atoms with Crippen LogP contribution in [0.2, 0.25) is 5.02 Å². The fraction of sp³-hybridized carbons (Fsp3) is 0.571. The highest BCUT2D eigenvalue weighted by atomic mass is 79.9. The SMILES string of the molecule is CCC(C)N(C)CCNS(=O)(=O)c1cc(Cl)cc(Br)c1OC. The Morgan fingerprint density at radius 3 is 2.64 bits per heavy atom. The smallest absolute Gasteiger partial charge is 0.244 e. The normalized spacial score (nSPS) is 13.4. The summed E-state index contributed by atoms with van der Waals surface area (Å²) in [6.07, 6.45) is 1.01. The van der Waals surface area contributed by atoms with Gasteiger partial charge in [0, 0.05) is 24.2 Å². The van der Waals surface area contributed by atoms with Gasteiger partial charge < -0.3 is 9.64 Å². The van der Waals surface area contributed by atoms with Crippen molar-refractivity contribution in [3.63, 3.8) is 0 Å². The number of nitrogens with zero attached hydrogens (tertiary/aromatic N) is 1. The number of ether oxygens (including phenoxy) is 1. The molecule has 1 aromatic rings. The first-order chi connectivity index (χ1) is 10.2. The third-order valence-electron chi connectivity index (χ3n) is 3.57. The predicted octanol–water partition coefficient (Wildman–Crippen LogP) is 3.12. The van der Waals surface area contributed by atoms with E-state index in [4.69, 9.17) is 16.3 Å². The Hall–Kier alpha value is -0.340. The maximum Gasteiger partial charge on any atom is 0.244 e. The van der Waals surface area contributed by atoms with Crippen molar-refractivity contribution >= 4 is 37.6 Å². The van der Waals surface area contributed by atoms with E-state index in [1.165, 1.54) is 13.2 Å². The van der Waals surface area contributed by atoms with Crippen LogP contribution in [0.25, 0.3) is 0 Å². The van der Waals surface area contributed by atoms with Crippen LogP contribution in [0, 0.1) is 0 Å². The van der Waals surface area contributed by atoms with Gasteiger partial charge in [-0.2, -0.15) is 0 Å². The predicted molar refractivity (Wildman–Crippen MR) is 93.3 cm³/mol. The fourth-order valence-electron chi connectivity index (χ4n) is 1.90. The quantitative estimate of drug-likeness (QED) is 0.711. The molecule has 0 radical (unpaired) electrons. The second kappa shape index (κ2) is 8.49. The second-order valence-electron chi connectivity index (χ2n) is 5.05. The van der Waals surface area contributed by atoms with Gasteiger partial charge in [0.05, 0.1) is 11.6 Å². The average Bonchev–Trinajstić information content (AvgIpc) is 2.45. The van der Waals surface area contributed by atoms with Crippen LogP contribution in [0.3, 0.4) is 0 Å². The van der Waals surface area contributed by atoms with Crippen LogP contribution in [0.5, 0.6) is 5.75 Å². The number of likely N-dealkylation sites (N-methyl/N-ethyl adjacent to an activating group) is 1. The lowest BCUT2D eigenvalue weighted by Crippen LogP contribution is -2.37. The van der Waals surface area contributed by atoms with Crippen LogP contribution < -0.4 is 9.46 Å². The third-order valence-corrected chi connectivity index (χ3v) is 5.84. The Kier molecular flexibility index (Phi) is 7.61. The standard InChI is InChI=1S/C14H22BrClN2O3S/c1-5-10(2)18(3)7-6-17-22(19,20)13-9-11(16)8-12(15)14(13)21-4/h8-10,17H,5-7H2,1-4H3. The number of rotatable bonds is 8. The largest absolute Gasteiger partial charge is 0.494 e. The molecular weight excluding hydrogens is 392 g/mol. The molecule has 0 aliphatic rings. The number of methoxy groups -OCH3 is 1. The van der Waals surface area contributed by atoms with Crippen LogP contribution in [-0.2, 0) is 10.0 Å². The van der Waals surface area contributed by atoms with E-state index in [0.717, 1.165) is 6.42 Å². The molecule has 8 heteroatoms. The van der Waals surface area contributed by atoms with E-state index in [0.29, 0.717) is 28.6 Å². The first-order valence-electron chi connectivity index (χ1n) is 6.95.